The first-order valence-electron chi connectivity index (χ1n) is 6.99. The van der Waals surface area contributed by atoms with E-state index in [4.69, 9.17) is 16.6 Å². The molecule has 0 amide bonds. The van der Waals surface area contributed by atoms with Crippen LogP contribution in [0.5, 0.6) is 0 Å². The Morgan fingerprint density at radius 3 is 2.90 bits per heavy atom. The fourth-order valence-electron chi connectivity index (χ4n) is 2.11. The Labute approximate surface area is 128 Å². The van der Waals surface area contributed by atoms with Crippen molar-refractivity contribution in [2.24, 2.45) is 0 Å². The lowest BCUT2D eigenvalue weighted by Gasteiger charge is -2.05. The van der Waals surface area contributed by atoms with E-state index in [9.17, 15) is 0 Å². The minimum absolute atomic E-state index is 0.415. The molecule has 1 fully saturated rings. The minimum atomic E-state index is 0.415. The highest BCUT2D eigenvalue weighted by molar-refractivity contribution is 7.15. The number of nitrogens with zero attached hydrogens (tertiary/aromatic N) is 2. The molecule has 0 aliphatic heterocycles. The van der Waals surface area contributed by atoms with Crippen molar-refractivity contribution in [1.82, 2.24) is 15.3 Å². The molecular weight excluding hydrogens is 290 g/mol. The first-order chi connectivity index (χ1) is 9.65. The third kappa shape index (κ3) is 3.03. The van der Waals surface area contributed by atoms with Gasteiger partial charge in [-0.25, -0.2) is 4.98 Å². The molecule has 1 saturated carbocycles. The van der Waals surface area contributed by atoms with Crippen molar-refractivity contribution in [2.75, 3.05) is 0 Å². The van der Waals surface area contributed by atoms with Gasteiger partial charge in [-0.1, -0.05) is 25.4 Å². The third-order valence-electron chi connectivity index (χ3n) is 3.36. The summed E-state index contributed by atoms with van der Waals surface area (Å²) in [4.78, 5) is 10.4. The number of nitrogens with one attached hydrogen (secondary N) is 1. The summed E-state index contributed by atoms with van der Waals surface area (Å²) in [5.74, 6) is 0.415. The number of thiazole rings is 1. The molecular formula is C15H18ClN3S. The van der Waals surface area contributed by atoms with E-state index in [-0.39, 0.29) is 0 Å². The van der Waals surface area contributed by atoms with Gasteiger partial charge in [-0.2, -0.15) is 0 Å². The number of rotatable bonds is 5. The molecule has 106 valence electrons. The maximum atomic E-state index is 6.23. The van der Waals surface area contributed by atoms with Gasteiger partial charge in [-0.3, -0.25) is 4.98 Å². The fraction of sp³-hybridized carbons (Fsp3) is 0.467. The second kappa shape index (κ2) is 5.80. The van der Waals surface area contributed by atoms with E-state index in [0.29, 0.717) is 17.0 Å². The van der Waals surface area contributed by atoms with Crippen LogP contribution >= 0.6 is 22.9 Å². The summed E-state index contributed by atoms with van der Waals surface area (Å²) in [6.45, 7) is 5.26. The first kappa shape index (κ1) is 14.0. The van der Waals surface area contributed by atoms with Crippen LogP contribution in [0.25, 0.3) is 10.7 Å². The molecule has 0 aromatic carbocycles. The summed E-state index contributed by atoms with van der Waals surface area (Å²) in [5.41, 5.74) is 1.96. The normalized spacial score (nSPS) is 15.0. The summed E-state index contributed by atoms with van der Waals surface area (Å²) < 4.78 is 0. The van der Waals surface area contributed by atoms with Gasteiger partial charge in [0.2, 0.25) is 0 Å². The largest absolute Gasteiger partial charge is 0.309 e. The Morgan fingerprint density at radius 2 is 2.25 bits per heavy atom. The number of halogens is 1. The molecule has 0 saturated heterocycles. The summed E-state index contributed by atoms with van der Waals surface area (Å²) in [5, 5.41) is 5.15. The molecule has 1 aliphatic carbocycles. The fourth-order valence-corrected chi connectivity index (χ4v) is 3.56. The zero-order chi connectivity index (χ0) is 14.1. The number of pyridine rings is 1. The van der Waals surface area contributed by atoms with Crippen LogP contribution in [0.4, 0.5) is 0 Å². The maximum Gasteiger partial charge on any atom is 0.143 e. The Balaban J connectivity index is 1.91. The summed E-state index contributed by atoms with van der Waals surface area (Å²) >= 11 is 7.93. The molecule has 2 aromatic heterocycles. The van der Waals surface area contributed by atoms with Gasteiger partial charge in [0, 0.05) is 23.7 Å². The lowest BCUT2D eigenvalue weighted by molar-refractivity contribution is 0.681. The van der Waals surface area contributed by atoms with Crippen molar-refractivity contribution in [3.8, 4) is 10.7 Å². The van der Waals surface area contributed by atoms with E-state index >= 15 is 0 Å². The molecule has 1 aliphatic rings. The average molecular weight is 308 g/mol. The Hall–Kier alpha value is -0.970. The number of hydrogen-bond acceptors (Lipinski definition) is 4. The van der Waals surface area contributed by atoms with Crippen molar-refractivity contribution in [1.29, 1.82) is 0 Å². The van der Waals surface area contributed by atoms with Crippen molar-refractivity contribution in [3.63, 3.8) is 0 Å². The van der Waals surface area contributed by atoms with Crippen LogP contribution in [0.2, 0.25) is 5.02 Å². The molecule has 0 unspecified atom stereocenters. The van der Waals surface area contributed by atoms with Crippen LogP contribution in [0.15, 0.2) is 18.3 Å². The Morgan fingerprint density at radius 1 is 1.45 bits per heavy atom. The predicted molar refractivity (Wildman–Crippen MR) is 84.3 cm³/mol. The Bertz CT molecular complexity index is 605. The molecule has 3 rings (SSSR count). The molecule has 2 heterocycles. The SMILES string of the molecule is CC(C)c1nc(-c2ncccc2Cl)sc1CNC1CC1. The maximum absolute atomic E-state index is 6.23. The summed E-state index contributed by atoms with van der Waals surface area (Å²) in [6, 6.07) is 4.42. The van der Waals surface area contributed by atoms with Crippen LogP contribution in [-0.2, 0) is 6.54 Å². The quantitative estimate of drug-likeness (QED) is 0.898. The van der Waals surface area contributed by atoms with E-state index in [2.05, 4.69) is 24.1 Å². The van der Waals surface area contributed by atoms with E-state index in [1.54, 1.807) is 17.5 Å². The van der Waals surface area contributed by atoms with Crippen LogP contribution in [0.3, 0.4) is 0 Å². The molecule has 0 atom stereocenters. The molecule has 3 nitrogen and oxygen atoms in total. The minimum Gasteiger partial charge on any atom is -0.309 e. The lowest BCUT2D eigenvalue weighted by atomic mass is 10.1. The van der Waals surface area contributed by atoms with Crippen LogP contribution < -0.4 is 5.32 Å². The van der Waals surface area contributed by atoms with Gasteiger partial charge >= 0.3 is 0 Å². The zero-order valence-corrected chi connectivity index (χ0v) is 13.3. The van der Waals surface area contributed by atoms with Crippen molar-refractivity contribution in [2.45, 2.75) is 45.2 Å². The van der Waals surface area contributed by atoms with Gasteiger partial charge in [0.1, 0.15) is 10.7 Å². The lowest BCUT2D eigenvalue weighted by Crippen LogP contribution is -2.15. The molecule has 0 spiro atoms. The second-order valence-electron chi connectivity index (χ2n) is 5.47. The summed E-state index contributed by atoms with van der Waals surface area (Å²) in [6.07, 6.45) is 4.36. The topological polar surface area (TPSA) is 37.8 Å². The summed E-state index contributed by atoms with van der Waals surface area (Å²) in [7, 11) is 0. The molecule has 5 heteroatoms. The molecule has 20 heavy (non-hydrogen) atoms. The standard InChI is InChI=1S/C15H18ClN3S/c1-9(2)13-12(8-18-10-5-6-10)20-15(19-13)14-11(16)4-3-7-17-14/h3-4,7,9-10,18H,5-6,8H2,1-2H3. The van der Waals surface area contributed by atoms with Crippen molar-refractivity contribution < 1.29 is 0 Å². The van der Waals surface area contributed by atoms with Gasteiger partial charge in [-0.05, 0) is 30.9 Å². The average Bonchev–Trinajstić information content (AvgIpc) is 3.15. The van der Waals surface area contributed by atoms with Crippen LogP contribution in [0.1, 0.15) is 43.2 Å². The van der Waals surface area contributed by atoms with E-state index in [1.165, 1.54) is 23.4 Å². The molecule has 2 aromatic rings. The monoisotopic (exact) mass is 307 g/mol. The van der Waals surface area contributed by atoms with Crippen molar-refractivity contribution >= 4 is 22.9 Å². The van der Waals surface area contributed by atoms with Crippen LogP contribution in [0, 0.1) is 0 Å². The zero-order valence-electron chi connectivity index (χ0n) is 11.7. The van der Waals surface area contributed by atoms with Gasteiger partial charge in [0.15, 0.2) is 0 Å². The molecule has 1 N–H and O–H groups in total. The van der Waals surface area contributed by atoms with Gasteiger partial charge in [-0.15, -0.1) is 11.3 Å². The van der Waals surface area contributed by atoms with E-state index < -0.39 is 0 Å². The van der Waals surface area contributed by atoms with Crippen LogP contribution in [-0.4, -0.2) is 16.0 Å². The predicted octanol–water partition coefficient (Wildman–Crippen LogP) is 4.23. The van der Waals surface area contributed by atoms with E-state index in [1.807, 2.05) is 12.1 Å². The van der Waals surface area contributed by atoms with E-state index in [0.717, 1.165) is 17.2 Å². The number of hydrogen-bond donors (Lipinski definition) is 1. The highest BCUT2D eigenvalue weighted by Gasteiger charge is 2.23. The Kier molecular flexibility index (Phi) is 4.06. The van der Waals surface area contributed by atoms with Gasteiger partial charge in [0.05, 0.1) is 10.7 Å². The molecule has 0 bridgehead atoms. The van der Waals surface area contributed by atoms with Gasteiger partial charge < -0.3 is 5.32 Å². The first-order valence-corrected chi connectivity index (χ1v) is 8.18. The highest BCUT2D eigenvalue weighted by Crippen LogP contribution is 2.34. The second-order valence-corrected chi connectivity index (χ2v) is 6.96. The highest BCUT2D eigenvalue weighted by atomic mass is 35.5. The van der Waals surface area contributed by atoms with Gasteiger partial charge in [0.25, 0.3) is 0 Å². The third-order valence-corrected chi connectivity index (χ3v) is 4.75. The van der Waals surface area contributed by atoms with Crippen molar-refractivity contribution in [3.05, 3.63) is 33.9 Å². The molecule has 0 radical (unpaired) electrons. The smallest absolute Gasteiger partial charge is 0.143 e. The number of aromatic nitrogens is 2.